The molecule has 2 unspecified atom stereocenters. The lowest BCUT2D eigenvalue weighted by Gasteiger charge is -2.39. The number of rotatable bonds is 3. The van der Waals surface area contributed by atoms with Crippen molar-refractivity contribution in [2.24, 2.45) is 5.92 Å². The highest BCUT2D eigenvalue weighted by Crippen LogP contribution is 2.33. The Hall–Kier alpha value is 0.0400. The van der Waals surface area contributed by atoms with E-state index in [1.165, 1.54) is 0 Å². The molecule has 0 spiro atoms. The van der Waals surface area contributed by atoms with E-state index in [0.29, 0.717) is 5.92 Å². The van der Waals surface area contributed by atoms with Gasteiger partial charge in [0.2, 0.25) is 0 Å². The molecule has 0 bridgehead atoms. The predicted octanol–water partition coefficient (Wildman–Crippen LogP) is 3.33. The Balaban J connectivity index is 2.52. The number of alkyl halides is 4. The normalized spacial score (nSPS) is 33.0. The summed E-state index contributed by atoms with van der Waals surface area (Å²) < 4.78 is 36.3. The van der Waals surface area contributed by atoms with E-state index < -0.39 is 18.3 Å². The third kappa shape index (κ3) is 4.19. The fraction of sp³-hybridized carbons (Fsp3) is 1.00. The van der Waals surface area contributed by atoms with E-state index in [9.17, 15) is 13.2 Å². The van der Waals surface area contributed by atoms with Gasteiger partial charge in [-0.05, 0) is 18.8 Å². The van der Waals surface area contributed by atoms with Crippen molar-refractivity contribution in [2.45, 2.75) is 44.3 Å². The van der Waals surface area contributed by atoms with Crippen LogP contribution in [-0.4, -0.2) is 24.1 Å². The third-order valence-electron chi connectivity index (χ3n) is 3.01. The zero-order chi connectivity index (χ0) is 11.5. The molecule has 15 heavy (non-hydrogen) atoms. The monoisotopic (exact) mass is 243 g/mol. The van der Waals surface area contributed by atoms with Crippen molar-refractivity contribution in [3.8, 4) is 0 Å². The highest BCUT2D eigenvalue weighted by molar-refractivity contribution is 6.18. The van der Waals surface area contributed by atoms with Gasteiger partial charge in [0.15, 0.2) is 0 Å². The summed E-state index contributed by atoms with van der Waals surface area (Å²) in [7, 11) is 0. The van der Waals surface area contributed by atoms with Crippen LogP contribution in [0, 0.1) is 5.92 Å². The fourth-order valence-electron chi connectivity index (χ4n) is 2.28. The molecule has 1 aliphatic rings. The van der Waals surface area contributed by atoms with E-state index in [2.05, 4.69) is 12.2 Å². The summed E-state index contributed by atoms with van der Waals surface area (Å²) in [6.07, 6.45) is -0.617. The predicted molar refractivity (Wildman–Crippen MR) is 55.1 cm³/mol. The van der Waals surface area contributed by atoms with Crippen LogP contribution in [0.25, 0.3) is 0 Å². The molecule has 90 valence electrons. The second-order valence-electron chi connectivity index (χ2n) is 4.58. The summed E-state index contributed by atoms with van der Waals surface area (Å²) in [5, 5.41) is 2.60. The van der Waals surface area contributed by atoms with E-state index in [1.807, 2.05) is 0 Å². The van der Waals surface area contributed by atoms with Crippen molar-refractivity contribution in [1.82, 2.24) is 5.32 Å². The Morgan fingerprint density at radius 2 is 2.13 bits per heavy atom. The molecule has 2 atom stereocenters. The molecule has 1 fully saturated rings. The summed E-state index contributed by atoms with van der Waals surface area (Å²) in [5.74, 6) is 0.714. The van der Waals surface area contributed by atoms with E-state index in [0.717, 1.165) is 25.7 Å². The number of hydrogen-bond acceptors (Lipinski definition) is 1. The van der Waals surface area contributed by atoms with Crippen LogP contribution in [0.5, 0.6) is 0 Å². The number of nitrogens with one attached hydrogen (secondary N) is 1. The Morgan fingerprint density at radius 1 is 1.47 bits per heavy atom. The SMILES string of the molecule is CC1CCCC(CCl)(NCC(F)(F)F)C1. The minimum atomic E-state index is -4.15. The molecule has 1 nitrogen and oxygen atoms in total. The quantitative estimate of drug-likeness (QED) is 0.750. The molecule has 1 aliphatic carbocycles. The number of halogens is 4. The molecule has 1 saturated carbocycles. The second kappa shape index (κ2) is 4.91. The molecule has 0 aromatic rings. The summed E-state index contributed by atoms with van der Waals surface area (Å²) in [5.41, 5.74) is -0.505. The lowest BCUT2D eigenvalue weighted by atomic mass is 9.77. The van der Waals surface area contributed by atoms with E-state index in [4.69, 9.17) is 11.6 Å². The van der Waals surface area contributed by atoms with Gasteiger partial charge in [-0.1, -0.05) is 19.8 Å². The van der Waals surface area contributed by atoms with Gasteiger partial charge in [-0.15, -0.1) is 11.6 Å². The lowest BCUT2D eigenvalue weighted by molar-refractivity contribution is -0.129. The Kier molecular flexibility index (Phi) is 4.29. The molecule has 0 amide bonds. The maximum absolute atomic E-state index is 12.1. The molecule has 0 saturated heterocycles. The first kappa shape index (κ1) is 13.1. The van der Waals surface area contributed by atoms with Crippen LogP contribution in [0.2, 0.25) is 0 Å². The van der Waals surface area contributed by atoms with Gasteiger partial charge >= 0.3 is 6.18 Å². The van der Waals surface area contributed by atoms with E-state index >= 15 is 0 Å². The maximum Gasteiger partial charge on any atom is 0.401 e. The fourth-order valence-corrected chi connectivity index (χ4v) is 2.61. The highest BCUT2D eigenvalue weighted by Gasteiger charge is 2.37. The second-order valence-corrected chi connectivity index (χ2v) is 4.85. The first-order chi connectivity index (χ1) is 6.87. The van der Waals surface area contributed by atoms with Crippen molar-refractivity contribution in [2.75, 3.05) is 12.4 Å². The average Bonchev–Trinajstić information content (AvgIpc) is 2.14. The standard InChI is InChI=1S/C10H17ClF3N/c1-8-3-2-4-9(5-8,6-11)15-7-10(12,13)14/h8,15H,2-7H2,1H3. The van der Waals surface area contributed by atoms with Gasteiger partial charge < -0.3 is 5.32 Å². The van der Waals surface area contributed by atoms with Gasteiger partial charge in [0.1, 0.15) is 0 Å². The van der Waals surface area contributed by atoms with Crippen molar-refractivity contribution >= 4 is 11.6 Å². The summed E-state index contributed by atoms with van der Waals surface area (Å²) >= 11 is 5.80. The molecular formula is C10H17ClF3N. The van der Waals surface area contributed by atoms with Crippen LogP contribution in [-0.2, 0) is 0 Å². The van der Waals surface area contributed by atoms with Crippen molar-refractivity contribution < 1.29 is 13.2 Å². The third-order valence-corrected chi connectivity index (χ3v) is 3.52. The molecule has 0 aliphatic heterocycles. The minimum absolute atomic E-state index is 0.257. The summed E-state index contributed by atoms with van der Waals surface area (Å²) in [6.45, 7) is 1.13. The van der Waals surface area contributed by atoms with Crippen LogP contribution in [0.1, 0.15) is 32.6 Å². The highest BCUT2D eigenvalue weighted by atomic mass is 35.5. The topological polar surface area (TPSA) is 12.0 Å². The molecule has 1 rings (SSSR count). The van der Waals surface area contributed by atoms with Crippen LogP contribution in [0.3, 0.4) is 0 Å². The largest absolute Gasteiger partial charge is 0.401 e. The van der Waals surface area contributed by atoms with Gasteiger partial charge in [0, 0.05) is 11.4 Å². The molecule has 5 heteroatoms. The van der Waals surface area contributed by atoms with Crippen LogP contribution in [0.4, 0.5) is 13.2 Å². The molecule has 1 N–H and O–H groups in total. The van der Waals surface area contributed by atoms with Crippen molar-refractivity contribution in [1.29, 1.82) is 0 Å². The Labute approximate surface area is 93.4 Å². The van der Waals surface area contributed by atoms with Crippen molar-refractivity contribution in [3.05, 3.63) is 0 Å². The molecule has 0 aromatic carbocycles. The van der Waals surface area contributed by atoms with Crippen molar-refractivity contribution in [3.63, 3.8) is 0 Å². The molecule has 0 heterocycles. The zero-order valence-corrected chi connectivity index (χ0v) is 9.59. The Morgan fingerprint density at radius 3 is 2.60 bits per heavy atom. The van der Waals surface area contributed by atoms with E-state index in [1.54, 1.807) is 0 Å². The van der Waals surface area contributed by atoms with Gasteiger partial charge in [0.05, 0.1) is 6.54 Å². The zero-order valence-electron chi connectivity index (χ0n) is 8.83. The summed E-state index contributed by atoms with van der Waals surface area (Å²) in [4.78, 5) is 0. The first-order valence-corrected chi connectivity index (χ1v) is 5.78. The van der Waals surface area contributed by atoms with E-state index in [-0.39, 0.29) is 5.88 Å². The maximum atomic E-state index is 12.1. The Bertz CT molecular complexity index is 207. The molecular weight excluding hydrogens is 227 g/mol. The van der Waals surface area contributed by atoms with Gasteiger partial charge in [-0.2, -0.15) is 13.2 Å². The lowest BCUT2D eigenvalue weighted by Crippen LogP contribution is -2.53. The molecule has 0 aromatic heterocycles. The summed E-state index contributed by atoms with van der Waals surface area (Å²) in [6, 6.07) is 0. The first-order valence-electron chi connectivity index (χ1n) is 5.25. The van der Waals surface area contributed by atoms with Gasteiger partial charge in [0.25, 0.3) is 0 Å². The van der Waals surface area contributed by atoms with Gasteiger partial charge in [-0.25, -0.2) is 0 Å². The average molecular weight is 244 g/mol. The molecule has 0 radical (unpaired) electrons. The number of hydrogen-bond donors (Lipinski definition) is 1. The smallest absolute Gasteiger partial charge is 0.302 e. The minimum Gasteiger partial charge on any atom is -0.302 e. The van der Waals surface area contributed by atoms with Crippen LogP contribution >= 0.6 is 11.6 Å². The van der Waals surface area contributed by atoms with Crippen LogP contribution in [0.15, 0.2) is 0 Å². The van der Waals surface area contributed by atoms with Crippen LogP contribution < -0.4 is 5.32 Å². The van der Waals surface area contributed by atoms with Gasteiger partial charge in [-0.3, -0.25) is 0 Å².